The van der Waals surface area contributed by atoms with Crippen LogP contribution in [0.4, 0.5) is 0 Å². The minimum atomic E-state index is -0.122. The SMILES string of the molecule is COc1ccccc1C(=O)N1CCN(C(=O)c2cc(-c3cccs3)[nH]n2)CC1. The number of piperazine rings is 1. The van der Waals surface area contributed by atoms with Gasteiger partial charge in [0, 0.05) is 26.2 Å². The number of ether oxygens (including phenoxy) is 1. The van der Waals surface area contributed by atoms with E-state index in [1.807, 2.05) is 29.6 Å². The number of para-hydroxylation sites is 1. The third kappa shape index (κ3) is 3.50. The lowest BCUT2D eigenvalue weighted by Gasteiger charge is -2.34. The second-order valence-corrected chi connectivity index (χ2v) is 7.38. The molecule has 8 heteroatoms. The van der Waals surface area contributed by atoms with Crippen molar-refractivity contribution < 1.29 is 14.3 Å². The lowest BCUT2D eigenvalue weighted by Crippen LogP contribution is -2.50. The summed E-state index contributed by atoms with van der Waals surface area (Å²) >= 11 is 1.59. The van der Waals surface area contributed by atoms with Crippen molar-refractivity contribution in [2.75, 3.05) is 33.3 Å². The number of thiophene rings is 1. The van der Waals surface area contributed by atoms with Gasteiger partial charge in [-0.1, -0.05) is 18.2 Å². The maximum Gasteiger partial charge on any atom is 0.274 e. The summed E-state index contributed by atoms with van der Waals surface area (Å²) in [7, 11) is 1.55. The van der Waals surface area contributed by atoms with Crippen molar-refractivity contribution in [2.24, 2.45) is 0 Å². The minimum absolute atomic E-state index is 0.0794. The van der Waals surface area contributed by atoms with Gasteiger partial charge in [-0.05, 0) is 29.6 Å². The molecule has 1 aliphatic heterocycles. The lowest BCUT2D eigenvalue weighted by molar-refractivity contribution is 0.0530. The number of nitrogens with one attached hydrogen (secondary N) is 1. The summed E-state index contributed by atoms with van der Waals surface area (Å²) in [6.45, 7) is 1.90. The highest BCUT2D eigenvalue weighted by atomic mass is 32.1. The van der Waals surface area contributed by atoms with Crippen LogP contribution in [0.5, 0.6) is 5.75 Å². The number of hydrogen-bond donors (Lipinski definition) is 1. The molecule has 1 aromatic carbocycles. The molecular weight excluding hydrogens is 376 g/mol. The van der Waals surface area contributed by atoms with E-state index in [0.29, 0.717) is 43.2 Å². The Balaban J connectivity index is 1.40. The maximum atomic E-state index is 12.8. The van der Waals surface area contributed by atoms with E-state index < -0.39 is 0 Å². The van der Waals surface area contributed by atoms with Crippen molar-refractivity contribution >= 4 is 23.2 Å². The fraction of sp³-hybridized carbons (Fsp3) is 0.250. The summed E-state index contributed by atoms with van der Waals surface area (Å²) < 4.78 is 5.28. The first-order valence-electron chi connectivity index (χ1n) is 8.98. The van der Waals surface area contributed by atoms with Gasteiger partial charge in [-0.3, -0.25) is 14.7 Å². The molecule has 7 nitrogen and oxygen atoms in total. The Morgan fingerprint density at radius 3 is 2.43 bits per heavy atom. The summed E-state index contributed by atoms with van der Waals surface area (Å²) in [5.41, 5.74) is 1.77. The smallest absolute Gasteiger partial charge is 0.274 e. The number of carbonyl (C=O) groups excluding carboxylic acids is 2. The van der Waals surface area contributed by atoms with E-state index in [1.165, 1.54) is 0 Å². The highest BCUT2D eigenvalue weighted by molar-refractivity contribution is 7.13. The molecule has 0 atom stereocenters. The van der Waals surface area contributed by atoms with Crippen molar-refractivity contribution in [1.82, 2.24) is 20.0 Å². The number of carbonyl (C=O) groups is 2. The van der Waals surface area contributed by atoms with E-state index in [1.54, 1.807) is 46.4 Å². The van der Waals surface area contributed by atoms with Crippen LogP contribution in [-0.4, -0.2) is 65.1 Å². The van der Waals surface area contributed by atoms with E-state index >= 15 is 0 Å². The second kappa shape index (κ2) is 7.85. The van der Waals surface area contributed by atoms with Gasteiger partial charge in [-0.15, -0.1) is 11.3 Å². The average Bonchev–Trinajstić information content (AvgIpc) is 3.44. The molecule has 2 aromatic heterocycles. The molecule has 0 spiro atoms. The summed E-state index contributed by atoms with van der Waals surface area (Å²) in [6.07, 6.45) is 0. The Hall–Kier alpha value is -3.13. The standard InChI is InChI=1S/C20H20N4O3S/c1-27-17-6-3-2-5-14(17)19(25)23-8-10-24(11-9-23)20(26)16-13-15(21-22-16)18-7-4-12-28-18/h2-7,12-13H,8-11H2,1H3,(H,21,22). The molecule has 144 valence electrons. The Morgan fingerprint density at radius 2 is 1.75 bits per heavy atom. The van der Waals surface area contributed by atoms with Crippen molar-refractivity contribution in [3.05, 3.63) is 59.1 Å². The number of nitrogens with zero attached hydrogens (tertiary/aromatic N) is 3. The molecule has 1 fully saturated rings. The van der Waals surface area contributed by atoms with Crippen molar-refractivity contribution in [3.8, 4) is 16.3 Å². The molecule has 0 saturated carbocycles. The molecule has 1 aliphatic rings. The number of aromatic amines is 1. The topological polar surface area (TPSA) is 78.5 Å². The maximum absolute atomic E-state index is 12.8. The zero-order valence-electron chi connectivity index (χ0n) is 15.4. The summed E-state index contributed by atoms with van der Waals surface area (Å²) in [5, 5.41) is 9.07. The Bertz CT molecular complexity index is 975. The fourth-order valence-electron chi connectivity index (χ4n) is 3.26. The summed E-state index contributed by atoms with van der Waals surface area (Å²) in [4.78, 5) is 30.1. The van der Waals surface area contributed by atoms with Crippen LogP contribution in [0.1, 0.15) is 20.8 Å². The number of amides is 2. The molecule has 28 heavy (non-hydrogen) atoms. The van der Waals surface area contributed by atoms with Gasteiger partial charge < -0.3 is 14.5 Å². The molecule has 1 N–H and O–H groups in total. The fourth-order valence-corrected chi connectivity index (χ4v) is 3.95. The van der Waals surface area contributed by atoms with Crippen LogP contribution in [0.3, 0.4) is 0 Å². The van der Waals surface area contributed by atoms with Crippen LogP contribution >= 0.6 is 11.3 Å². The van der Waals surface area contributed by atoms with Crippen LogP contribution < -0.4 is 4.74 Å². The van der Waals surface area contributed by atoms with Crippen LogP contribution in [0.25, 0.3) is 10.6 Å². The monoisotopic (exact) mass is 396 g/mol. The van der Waals surface area contributed by atoms with E-state index in [-0.39, 0.29) is 11.8 Å². The number of benzene rings is 1. The van der Waals surface area contributed by atoms with Crippen molar-refractivity contribution in [3.63, 3.8) is 0 Å². The predicted octanol–water partition coefficient (Wildman–Crippen LogP) is 2.75. The summed E-state index contributed by atoms with van der Waals surface area (Å²) in [6, 6.07) is 12.9. The zero-order chi connectivity index (χ0) is 19.5. The van der Waals surface area contributed by atoms with Crippen LogP contribution in [-0.2, 0) is 0 Å². The zero-order valence-corrected chi connectivity index (χ0v) is 16.2. The van der Waals surface area contributed by atoms with E-state index in [2.05, 4.69) is 10.2 Å². The van der Waals surface area contributed by atoms with Crippen LogP contribution in [0.15, 0.2) is 47.8 Å². The number of hydrogen-bond acceptors (Lipinski definition) is 5. The van der Waals surface area contributed by atoms with Gasteiger partial charge >= 0.3 is 0 Å². The third-order valence-corrected chi connectivity index (χ3v) is 5.68. The average molecular weight is 396 g/mol. The van der Waals surface area contributed by atoms with Crippen LogP contribution in [0.2, 0.25) is 0 Å². The Morgan fingerprint density at radius 1 is 1.04 bits per heavy atom. The molecule has 0 radical (unpaired) electrons. The van der Waals surface area contributed by atoms with Gasteiger partial charge in [0.15, 0.2) is 5.69 Å². The number of rotatable bonds is 4. The van der Waals surface area contributed by atoms with Gasteiger partial charge in [-0.25, -0.2) is 0 Å². The molecule has 3 heterocycles. The predicted molar refractivity (Wildman–Crippen MR) is 107 cm³/mol. The van der Waals surface area contributed by atoms with Gasteiger partial charge in [0.1, 0.15) is 5.75 Å². The number of H-pyrrole nitrogens is 1. The quantitative estimate of drug-likeness (QED) is 0.736. The molecule has 0 aliphatic carbocycles. The molecule has 0 unspecified atom stereocenters. The van der Waals surface area contributed by atoms with Gasteiger partial charge in [-0.2, -0.15) is 5.10 Å². The third-order valence-electron chi connectivity index (χ3n) is 4.78. The van der Waals surface area contributed by atoms with Crippen LogP contribution in [0, 0.1) is 0 Å². The first kappa shape index (κ1) is 18.2. The van der Waals surface area contributed by atoms with E-state index in [0.717, 1.165) is 10.6 Å². The Labute approximate surface area is 166 Å². The van der Waals surface area contributed by atoms with Gasteiger partial charge in [0.2, 0.25) is 0 Å². The molecule has 0 bridgehead atoms. The first-order chi connectivity index (χ1) is 13.7. The van der Waals surface area contributed by atoms with Gasteiger partial charge in [0.05, 0.1) is 23.2 Å². The van der Waals surface area contributed by atoms with E-state index in [4.69, 9.17) is 4.74 Å². The Kier molecular flexibility index (Phi) is 5.12. The molecule has 4 rings (SSSR count). The molecular formula is C20H20N4O3S. The second-order valence-electron chi connectivity index (χ2n) is 6.43. The highest BCUT2D eigenvalue weighted by Gasteiger charge is 2.27. The van der Waals surface area contributed by atoms with E-state index in [9.17, 15) is 9.59 Å². The normalized spacial score (nSPS) is 14.2. The lowest BCUT2D eigenvalue weighted by atomic mass is 10.1. The van der Waals surface area contributed by atoms with Crippen molar-refractivity contribution in [2.45, 2.75) is 0 Å². The highest BCUT2D eigenvalue weighted by Crippen LogP contribution is 2.24. The molecule has 2 amide bonds. The molecule has 1 saturated heterocycles. The summed E-state index contributed by atoms with van der Waals surface area (Å²) in [5.74, 6) is 0.358. The van der Waals surface area contributed by atoms with Crippen molar-refractivity contribution in [1.29, 1.82) is 0 Å². The minimum Gasteiger partial charge on any atom is -0.496 e. The van der Waals surface area contributed by atoms with Gasteiger partial charge in [0.25, 0.3) is 11.8 Å². The number of methoxy groups -OCH3 is 1. The molecule has 3 aromatic rings. The largest absolute Gasteiger partial charge is 0.496 e. The first-order valence-corrected chi connectivity index (χ1v) is 9.86. The number of aromatic nitrogens is 2.